The number of esters is 1. The van der Waals surface area contributed by atoms with Crippen molar-refractivity contribution in [1.82, 2.24) is 4.90 Å². The highest BCUT2D eigenvalue weighted by atomic mass is 35.5. The summed E-state index contributed by atoms with van der Waals surface area (Å²) < 4.78 is 10.1. The van der Waals surface area contributed by atoms with Gasteiger partial charge in [-0.05, 0) is 48.0 Å². The van der Waals surface area contributed by atoms with Gasteiger partial charge in [0, 0.05) is 5.56 Å². The van der Waals surface area contributed by atoms with Crippen molar-refractivity contribution in [3.05, 3.63) is 88.3 Å². The van der Waals surface area contributed by atoms with Crippen molar-refractivity contribution >= 4 is 46.8 Å². The van der Waals surface area contributed by atoms with Crippen LogP contribution in [0.4, 0.5) is 5.69 Å². The maximum absolute atomic E-state index is 12.7. The van der Waals surface area contributed by atoms with Crippen LogP contribution >= 0.6 is 23.4 Å². The average Bonchev–Trinajstić information content (AvgIpc) is 3.45. The molecular formula is C23H19ClN2O5S. The second-order valence-corrected chi connectivity index (χ2v) is 8.50. The summed E-state index contributed by atoms with van der Waals surface area (Å²) in [7, 11) is 1.28. The fraction of sp³-hybridized carbons (Fsp3) is 0.174. The molecule has 0 unspecified atom stereocenters. The van der Waals surface area contributed by atoms with Gasteiger partial charge in [0.05, 0.1) is 41.9 Å². The van der Waals surface area contributed by atoms with Gasteiger partial charge in [0.15, 0.2) is 0 Å². The molecule has 1 aliphatic rings. The zero-order valence-electron chi connectivity index (χ0n) is 17.0. The lowest BCUT2D eigenvalue weighted by molar-refractivity contribution is -0.128. The van der Waals surface area contributed by atoms with E-state index >= 15 is 0 Å². The Morgan fingerprint density at radius 2 is 1.94 bits per heavy atom. The standard InChI is InChI=1S/C23H19ClN2O5S/c1-30-23(29)16-8-9-18(24)19(11-16)25-21(28)14-4-6-15(7-5-14)22-26(20(27)13-32-22)12-17-3-2-10-31-17/h2-11,22H,12-13H2,1H3,(H,25,28)/t22-/m1/s1. The monoisotopic (exact) mass is 470 g/mol. The number of halogens is 1. The number of nitrogens with zero attached hydrogens (tertiary/aromatic N) is 1. The number of anilines is 1. The van der Waals surface area contributed by atoms with Crippen LogP contribution in [0, 0.1) is 0 Å². The lowest BCUT2D eigenvalue weighted by Crippen LogP contribution is -2.27. The highest BCUT2D eigenvalue weighted by Gasteiger charge is 2.33. The second kappa shape index (κ2) is 9.50. The fourth-order valence-electron chi connectivity index (χ4n) is 3.33. The number of carbonyl (C=O) groups is 3. The van der Waals surface area contributed by atoms with Crippen molar-refractivity contribution < 1.29 is 23.5 Å². The van der Waals surface area contributed by atoms with Crippen LogP contribution in [0.2, 0.25) is 5.02 Å². The molecule has 164 valence electrons. The SMILES string of the molecule is COC(=O)c1ccc(Cl)c(NC(=O)c2ccc([C@H]3SCC(=O)N3Cc3ccco3)cc2)c1. The second-order valence-electron chi connectivity index (χ2n) is 7.03. The number of hydrogen-bond donors (Lipinski definition) is 1. The van der Waals surface area contributed by atoms with Gasteiger partial charge in [-0.15, -0.1) is 11.8 Å². The minimum atomic E-state index is -0.524. The van der Waals surface area contributed by atoms with Crippen LogP contribution in [0.3, 0.4) is 0 Å². The molecule has 1 aliphatic heterocycles. The fourth-order valence-corrected chi connectivity index (χ4v) is 4.68. The molecule has 2 heterocycles. The summed E-state index contributed by atoms with van der Waals surface area (Å²) in [6.07, 6.45) is 1.58. The molecule has 4 rings (SSSR count). The molecule has 1 N–H and O–H groups in total. The third-order valence-corrected chi connectivity index (χ3v) is 6.55. The Labute approximate surface area is 193 Å². The van der Waals surface area contributed by atoms with Gasteiger partial charge in [0.1, 0.15) is 11.1 Å². The molecule has 1 fully saturated rings. The summed E-state index contributed by atoms with van der Waals surface area (Å²) >= 11 is 7.69. The Morgan fingerprint density at radius 3 is 2.62 bits per heavy atom. The number of nitrogens with one attached hydrogen (secondary N) is 1. The maximum atomic E-state index is 12.7. The van der Waals surface area contributed by atoms with Crippen molar-refractivity contribution in [2.45, 2.75) is 11.9 Å². The van der Waals surface area contributed by atoms with Gasteiger partial charge < -0.3 is 19.4 Å². The lowest BCUT2D eigenvalue weighted by Gasteiger charge is -2.23. The number of hydrogen-bond acceptors (Lipinski definition) is 6. The van der Waals surface area contributed by atoms with Crippen LogP contribution in [0.1, 0.15) is 37.4 Å². The largest absolute Gasteiger partial charge is 0.467 e. The predicted octanol–water partition coefficient (Wildman–Crippen LogP) is 4.75. The number of rotatable bonds is 6. The van der Waals surface area contributed by atoms with E-state index < -0.39 is 5.97 Å². The number of ether oxygens (including phenoxy) is 1. The Balaban J connectivity index is 1.48. The van der Waals surface area contributed by atoms with Gasteiger partial charge in [-0.1, -0.05) is 23.7 Å². The van der Waals surface area contributed by atoms with E-state index in [1.807, 2.05) is 18.2 Å². The molecule has 9 heteroatoms. The highest BCUT2D eigenvalue weighted by Crippen LogP contribution is 2.39. The average molecular weight is 471 g/mol. The van der Waals surface area contributed by atoms with Crippen LogP contribution < -0.4 is 5.32 Å². The van der Waals surface area contributed by atoms with E-state index in [1.165, 1.54) is 37.1 Å². The molecule has 0 saturated carbocycles. The summed E-state index contributed by atoms with van der Waals surface area (Å²) in [6, 6.07) is 15.2. The quantitative estimate of drug-likeness (QED) is 0.523. The van der Waals surface area contributed by atoms with E-state index in [0.29, 0.717) is 34.3 Å². The number of furan rings is 1. The highest BCUT2D eigenvalue weighted by molar-refractivity contribution is 8.00. The van der Waals surface area contributed by atoms with Crippen molar-refractivity contribution in [2.75, 3.05) is 18.2 Å². The van der Waals surface area contributed by atoms with Gasteiger partial charge >= 0.3 is 5.97 Å². The van der Waals surface area contributed by atoms with Crippen LogP contribution in [-0.4, -0.2) is 35.5 Å². The maximum Gasteiger partial charge on any atom is 0.337 e. The van der Waals surface area contributed by atoms with E-state index in [9.17, 15) is 14.4 Å². The van der Waals surface area contributed by atoms with Crippen LogP contribution in [0.25, 0.3) is 0 Å². The van der Waals surface area contributed by atoms with Crippen molar-refractivity contribution in [3.8, 4) is 0 Å². The third-order valence-electron chi connectivity index (χ3n) is 4.97. The number of amides is 2. The first-order valence-electron chi connectivity index (χ1n) is 9.69. The molecular weight excluding hydrogens is 452 g/mol. The van der Waals surface area contributed by atoms with Gasteiger partial charge in [-0.3, -0.25) is 9.59 Å². The normalized spacial score (nSPS) is 15.6. The first-order chi connectivity index (χ1) is 15.5. The van der Waals surface area contributed by atoms with E-state index in [4.69, 9.17) is 20.8 Å². The summed E-state index contributed by atoms with van der Waals surface area (Å²) in [4.78, 5) is 38.5. The van der Waals surface area contributed by atoms with Crippen molar-refractivity contribution in [1.29, 1.82) is 0 Å². The van der Waals surface area contributed by atoms with E-state index in [-0.39, 0.29) is 22.8 Å². The summed E-state index contributed by atoms with van der Waals surface area (Å²) in [5, 5.41) is 2.87. The third kappa shape index (κ3) is 4.66. The van der Waals surface area contributed by atoms with E-state index in [1.54, 1.807) is 29.4 Å². The Morgan fingerprint density at radius 1 is 1.19 bits per heavy atom. The zero-order valence-corrected chi connectivity index (χ0v) is 18.6. The molecule has 3 aromatic rings. The lowest BCUT2D eigenvalue weighted by atomic mass is 10.1. The topological polar surface area (TPSA) is 88.8 Å². The number of thioether (sulfide) groups is 1. The molecule has 0 bridgehead atoms. The molecule has 32 heavy (non-hydrogen) atoms. The van der Waals surface area contributed by atoms with Gasteiger partial charge in [-0.25, -0.2) is 4.79 Å². The molecule has 0 aliphatic carbocycles. The summed E-state index contributed by atoms with van der Waals surface area (Å²) in [5.41, 5.74) is 1.92. The smallest absolute Gasteiger partial charge is 0.337 e. The minimum Gasteiger partial charge on any atom is -0.467 e. The molecule has 1 saturated heterocycles. The Bertz CT molecular complexity index is 1150. The zero-order chi connectivity index (χ0) is 22.7. The minimum absolute atomic E-state index is 0.0401. The van der Waals surface area contributed by atoms with Gasteiger partial charge in [0.2, 0.25) is 5.91 Å². The Kier molecular flexibility index (Phi) is 6.53. The molecule has 2 amide bonds. The van der Waals surface area contributed by atoms with Gasteiger partial charge in [-0.2, -0.15) is 0 Å². The van der Waals surface area contributed by atoms with Crippen LogP contribution in [-0.2, 0) is 16.1 Å². The Hall–Kier alpha value is -3.23. The summed E-state index contributed by atoms with van der Waals surface area (Å²) in [5.74, 6) is 0.251. The molecule has 0 spiro atoms. The molecule has 7 nitrogen and oxygen atoms in total. The van der Waals surface area contributed by atoms with E-state index in [2.05, 4.69) is 5.32 Å². The molecule has 1 aromatic heterocycles. The summed E-state index contributed by atoms with van der Waals surface area (Å²) in [6.45, 7) is 0.390. The molecule has 0 radical (unpaired) electrons. The van der Waals surface area contributed by atoms with Crippen LogP contribution in [0.5, 0.6) is 0 Å². The van der Waals surface area contributed by atoms with Crippen molar-refractivity contribution in [3.63, 3.8) is 0 Å². The number of benzene rings is 2. The van der Waals surface area contributed by atoms with Crippen LogP contribution in [0.15, 0.2) is 65.3 Å². The van der Waals surface area contributed by atoms with Gasteiger partial charge in [0.25, 0.3) is 5.91 Å². The van der Waals surface area contributed by atoms with Crippen molar-refractivity contribution in [2.24, 2.45) is 0 Å². The first-order valence-corrected chi connectivity index (χ1v) is 11.1. The number of methoxy groups -OCH3 is 1. The predicted molar refractivity (Wildman–Crippen MR) is 122 cm³/mol. The first kappa shape index (κ1) is 22.0. The number of carbonyl (C=O) groups excluding carboxylic acids is 3. The molecule has 1 atom stereocenters. The molecule has 2 aromatic carbocycles. The van der Waals surface area contributed by atoms with E-state index in [0.717, 1.165) is 5.56 Å².